The van der Waals surface area contributed by atoms with Crippen molar-refractivity contribution in [2.45, 2.75) is 51.4 Å². The molecule has 10 heteroatoms. The number of aromatic nitrogens is 2. The SMILES string of the molecule is O=C(NCCCN1CCCCC1)c1cc(Cl)c2ccccc2n1.O=C(NCCCN1CCCCC1)c1cc(Cl)c2ccccc2n1. The number of amides is 2. The number of piperidine rings is 2. The van der Waals surface area contributed by atoms with E-state index in [0.29, 0.717) is 34.5 Å². The number of fused-ring (bicyclic) bond motifs is 2. The maximum absolute atomic E-state index is 12.2. The Morgan fingerprint density at radius 1 is 0.609 bits per heavy atom. The Hall–Kier alpha value is -3.30. The molecule has 0 spiro atoms. The molecule has 0 atom stereocenters. The van der Waals surface area contributed by atoms with Crippen LogP contribution in [-0.4, -0.2) is 83.9 Å². The Balaban J connectivity index is 0.000000181. The van der Waals surface area contributed by atoms with Crippen molar-refractivity contribution >= 4 is 56.8 Å². The van der Waals surface area contributed by atoms with E-state index in [0.717, 1.165) is 47.7 Å². The summed E-state index contributed by atoms with van der Waals surface area (Å²) in [6.45, 7) is 8.19. The van der Waals surface area contributed by atoms with Crippen molar-refractivity contribution in [3.05, 3.63) is 82.1 Å². The molecule has 0 unspecified atom stereocenters. The first-order valence-electron chi connectivity index (χ1n) is 16.6. The molecular formula is C36H44Cl2N6O2. The summed E-state index contributed by atoms with van der Waals surface area (Å²) in [5, 5.41) is 8.76. The van der Waals surface area contributed by atoms with Crippen LogP contribution in [-0.2, 0) is 0 Å². The lowest BCUT2D eigenvalue weighted by molar-refractivity contribution is 0.0938. The highest BCUT2D eigenvalue weighted by molar-refractivity contribution is 6.36. The van der Waals surface area contributed by atoms with Gasteiger partial charge in [0, 0.05) is 23.9 Å². The average Bonchev–Trinajstić information content (AvgIpc) is 3.09. The average molecular weight is 664 g/mol. The van der Waals surface area contributed by atoms with E-state index in [1.807, 2.05) is 48.5 Å². The molecule has 2 aromatic heterocycles. The maximum atomic E-state index is 12.2. The van der Waals surface area contributed by atoms with Gasteiger partial charge in [-0.2, -0.15) is 0 Å². The van der Waals surface area contributed by atoms with Gasteiger partial charge in [-0.25, -0.2) is 9.97 Å². The molecule has 46 heavy (non-hydrogen) atoms. The van der Waals surface area contributed by atoms with Gasteiger partial charge in [0.2, 0.25) is 0 Å². The number of nitrogens with one attached hydrogen (secondary N) is 2. The normalized spacial score (nSPS) is 15.7. The molecule has 2 aromatic carbocycles. The van der Waals surface area contributed by atoms with Gasteiger partial charge < -0.3 is 20.4 Å². The molecular weight excluding hydrogens is 619 g/mol. The lowest BCUT2D eigenvalue weighted by atomic mass is 10.1. The predicted octanol–water partition coefficient (Wildman–Crippen LogP) is 6.99. The Morgan fingerprint density at radius 3 is 1.41 bits per heavy atom. The highest BCUT2D eigenvalue weighted by Crippen LogP contribution is 2.24. The van der Waals surface area contributed by atoms with E-state index in [1.165, 1.54) is 64.7 Å². The molecule has 8 nitrogen and oxygen atoms in total. The van der Waals surface area contributed by atoms with Gasteiger partial charge in [-0.05, 0) is 102 Å². The van der Waals surface area contributed by atoms with Crippen LogP contribution in [0, 0.1) is 0 Å². The second-order valence-corrected chi connectivity index (χ2v) is 12.9. The molecule has 4 heterocycles. The van der Waals surface area contributed by atoms with Crippen molar-refractivity contribution < 1.29 is 9.59 Å². The summed E-state index contributed by atoms with van der Waals surface area (Å²) in [6.07, 6.45) is 9.82. The molecule has 6 rings (SSSR count). The smallest absolute Gasteiger partial charge is 0.269 e. The van der Waals surface area contributed by atoms with Crippen LogP contribution in [0.5, 0.6) is 0 Å². The molecule has 2 saturated heterocycles. The van der Waals surface area contributed by atoms with Crippen molar-refractivity contribution in [3.63, 3.8) is 0 Å². The zero-order valence-electron chi connectivity index (χ0n) is 26.4. The molecule has 0 bridgehead atoms. The molecule has 2 fully saturated rings. The van der Waals surface area contributed by atoms with Crippen LogP contribution >= 0.6 is 23.2 Å². The van der Waals surface area contributed by atoms with Crippen LogP contribution in [0.1, 0.15) is 72.3 Å². The minimum Gasteiger partial charge on any atom is -0.351 e. The second kappa shape index (κ2) is 17.6. The lowest BCUT2D eigenvalue weighted by Gasteiger charge is -2.26. The minimum absolute atomic E-state index is 0.156. The van der Waals surface area contributed by atoms with Crippen molar-refractivity contribution in [1.82, 2.24) is 30.4 Å². The summed E-state index contributed by atoms with van der Waals surface area (Å²) in [5.74, 6) is -0.312. The zero-order valence-corrected chi connectivity index (χ0v) is 28.0. The van der Waals surface area contributed by atoms with Gasteiger partial charge in [0.25, 0.3) is 11.8 Å². The van der Waals surface area contributed by atoms with Crippen molar-refractivity contribution in [1.29, 1.82) is 0 Å². The van der Waals surface area contributed by atoms with Gasteiger partial charge in [-0.1, -0.05) is 72.4 Å². The Kier molecular flexibility index (Phi) is 13.0. The number of carbonyl (C=O) groups excluding carboxylic acids is 2. The number of hydrogen-bond acceptors (Lipinski definition) is 6. The van der Waals surface area contributed by atoms with Gasteiger partial charge in [0.1, 0.15) is 11.4 Å². The van der Waals surface area contributed by atoms with Gasteiger partial charge >= 0.3 is 0 Å². The Bertz CT molecular complexity index is 1490. The van der Waals surface area contributed by atoms with Crippen LogP contribution in [0.25, 0.3) is 21.8 Å². The fourth-order valence-corrected chi connectivity index (χ4v) is 6.58. The number of hydrogen-bond donors (Lipinski definition) is 2. The van der Waals surface area contributed by atoms with E-state index >= 15 is 0 Å². The summed E-state index contributed by atoms with van der Waals surface area (Å²) in [7, 11) is 0. The molecule has 0 aliphatic carbocycles. The van der Waals surface area contributed by atoms with Gasteiger partial charge in [0.15, 0.2) is 0 Å². The topological polar surface area (TPSA) is 90.5 Å². The Labute approximate surface area is 281 Å². The molecule has 4 aromatic rings. The summed E-state index contributed by atoms with van der Waals surface area (Å²) in [6, 6.07) is 18.5. The van der Waals surface area contributed by atoms with Gasteiger partial charge in [-0.3, -0.25) is 9.59 Å². The maximum Gasteiger partial charge on any atom is 0.269 e. The number of halogens is 2. The van der Waals surface area contributed by atoms with Gasteiger partial charge in [0.05, 0.1) is 21.1 Å². The number of likely N-dealkylation sites (tertiary alicyclic amines) is 2. The van der Waals surface area contributed by atoms with E-state index in [1.54, 1.807) is 12.1 Å². The molecule has 0 saturated carbocycles. The van der Waals surface area contributed by atoms with Crippen LogP contribution in [0.2, 0.25) is 10.0 Å². The Morgan fingerprint density at radius 2 is 1.00 bits per heavy atom. The van der Waals surface area contributed by atoms with E-state index in [-0.39, 0.29) is 11.8 Å². The highest BCUT2D eigenvalue weighted by Gasteiger charge is 2.14. The number of rotatable bonds is 10. The summed E-state index contributed by atoms with van der Waals surface area (Å²) >= 11 is 12.5. The molecule has 2 amide bonds. The van der Waals surface area contributed by atoms with E-state index in [9.17, 15) is 9.59 Å². The number of pyridine rings is 2. The molecule has 244 valence electrons. The van der Waals surface area contributed by atoms with Crippen molar-refractivity contribution in [2.75, 3.05) is 52.4 Å². The highest BCUT2D eigenvalue weighted by atomic mass is 35.5. The molecule has 2 aliphatic heterocycles. The first-order chi connectivity index (χ1) is 22.5. The third-order valence-corrected chi connectivity index (χ3v) is 9.19. The molecule has 0 radical (unpaired) electrons. The van der Waals surface area contributed by atoms with E-state index < -0.39 is 0 Å². The predicted molar refractivity (Wildman–Crippen MR) is 188 cm³/mol. The van der Waals surface area contributed by atoms with Gasteiger partial charge in [-0.15, -0.1) is 0 Å². The van der Waals surface area contributed by atoms with E-state index in [4.69, 9.17) is 23.2 Å². The molecule has 2 N–H and O–H groups in total. The standard InChI is InChI=1S/2C18H22ClN3O/c2*19-15-13-17(21-16-8-3-2-7-14(15)16)18(23)20-9-6-12-22-10-4-1-5-11-22/h2*2-3,7-8,13H,1,4-6,9-12H2,(H,20,23). The number of nitrogens with zero attached hydrogens (tertiary/aromatic N) is 4. The number of carbonyl (C=O) groups is 2. The third kappa shape index (κ3) is 9.85. The minimum atomic E-state index is -0.156. The van der Waals surface area contributed by atoms with Crippen LogP contribution in [0.15, 0.2) is 60.7 Å². The van der Waals surface area contributed by atoms with Crippen LogP contribution < -0.4 is 10.6 Å². The largest absolute Gasteiger partial charge is 0.351 e. The van der Waals surface area contributed by atoms with Crippen LogP contribution in [0.3, 0.4) is 0 Å². The number of benzene rings is 2. The second-order valence-electron chi connectivity index (χ2n) is 12.0. The lowest BCUT2D eigenvalue weighted by Crippen LogP contribution is -2.33. The summed E-state index contributed by atoms with van der Waals surface area (Å²) in [4.78, 5) is 38.2. The third-order valence-electron chi connectivity index (χ3n) is 8.57. The molecule has 2 aliphatic rings. The van der Waals surface area contributed by atoms with Crippen molar-refractivity contribution in [3.8, 4) is 0 Å². The first kappa shape index (κ1) is 34.0. The number of para-hydroxylation sites is 2. The summed E-state index contributed by atoms with van der Waals surface area (Å²) < 4.78 is 0. The summed E-state index contributed by atoms with van der Waals surface area (Å²) in [5.41, 5.74) is 2.26. The van der Waals surface area contributed by atoms with Crippen LogP contribution in [0.4, 0.5) is 0 Å². The first-order valence-corrected chi connectivity index (χ1v) is 17.4. The fourth-order valence-electron chi connectivity index (χ4n) is 6.05. The monoisotopic (exact) mass is 662 g/mol. The quantitative estimate of drug-likeness (QED) is 0.178. The van der Waals surface area contributed by atoms with Crippen molar-refractivity contribution in [2.24, 2.45) is 0 Å². The zero-order chi connectivity index (χ0) is 32.1. The fraction of sp³-hybridized carbons (Fsp3) is 0.444. The van der Waals surface area contributed by atoms with E-state index in [2.05, 4.69) is 30.4 Å².